The number of aromatic hydroxyl groups is 1. The van der Waals surface area contributed by atoms with Crippen LogP contribution in [0.1, 0.15) is 5.56 Å². The molecule has 0 radical (unpaired) electrons. The van der Waals surface area contributed by atoms with Gasteiger partial charge >= 0.3 is 0 Å². The molecule has 0 heterocycles. The lowest BCUT2D eigenvalue weighted by molar-refractivity contribution is 0.469. The number of para-hydroxylation sites is 3. The number of benzene rings is 2. The van der Waals surface area contributed by atoms with Crippen molar-refractivity contribution < 1.29 is 5.11 Å². The smallest absolute Gasteiger partial charge is 0.120 e. The topological polar surface area (TPSA) is 44.3 Å². The monoisotopic (exact) mass is 258 g/mol. The fourth-order valence-electron chi connectivity index (χ4n) is 1.68. The number of phenolic OH excluding ortho intramolecular Hbond substituents is 1. The van der Waals surface area contributed by atoms with Crippen LogP contribution in [-0.4, -0.2) is 10.6 Å². The molecule has 0 fully saturated rings. The van der Waals surface area contributed by atoms with E-state index in [2.05, 4.69) is 10.6 Å². The summed E-state index contributed by atoms with van der Waals surface area (Å²) >= 11 is 4.79. The largest absolute Gasteiger partial charge is 0.508 e. The van der Waals surface area contributed by atoms with Gasteiger partial charge in [0, 0.05) is 12.1 Å². The Balaban J connectivity index is 2.11. The minimum atomic E-state index is 0.297. The predicted octanol–water partition coefficient (Wildman–Crippen LogP) is 3.37. The zero-order chi connectivity index (χ0) is 12.8. The fraction of sp³-hybridized carbons (Fsp3) is 0.0714. The second kappa shape index (κ2) is 6.02. The summed E-state index contributed by atoms with van der Waals surface area (Å²) in [6, 6.07) is 15.1. The van der Waals surface area contributed by atoms with Gasteiger partial charge in [0.2, 0.25) is 0 Å². The molecule has 0 aliphatic heterocycles. The first-order chi connectivity index (χ1) is 8.81. The molecular weight excluding hydrogens is 244 g/mol. The van der Waals surface area contributed by atoms with Crippen LogP contribution < -0.4 is 10.6 Å². The van der Waals surface area contributed by atoms with Gasteiger partial charge < -0.3 is 15.7 Å². The maximum atomic E-state index is 9.68. The summed E-state index contributed by atoms with van der Waals surface area (Å²) < 4.78 is 0. The lowest BCUT2D eigenvalue weighted by atomic mass is 10.2. The average molecular weight is 258 g/mol. The van der Waals surface area contributed by atoms with Crippen molar-refractivity contribution >= 4 is 29.1 Å². The van der Waals surface area contributed by atoms with Crippen LogP contribution in [0.4, 0.5) is 11.4 Å². The number of hydrogen-bond acceptors (Lipinski definition) is 3. The Kier molecular flexibility index (Phi) is 4.15. The van der Waals surface area contributed by atoms with Gasteiger partial charge in [-0.3, -0.25) is 0 Å². The van der Waals surface area contributed by atoms with Crippen molar-refractivity contribution in [3.05, 3.63) is 54.1 Å². The third-order valence-corrected chi connectivity index (χ3v) is 2.72. The summed E-state index contributed by atoms with van der Waals surface area (Å²) in [6.45, 7) is 0.558. The number of thiocarbonyl (C=S) groups is 1. The molecule has 0 spiro atoms. The molecule has 0 bridgehead atoms. The van der Waals surface area contributed by atoms with Gasteiger partial charge in [0.15, 0.2) is 0 Å². The summed E-state index contributed by atoms with van der Waals surface area (Å²) in [6.07, 6.45) is 0. The molecule has 0 saturated carbocycles. The van der Waals surface area contributed by atoms with Crippen LogP contribution in [-0.2, 0) is 6.54 Å². The highest BCUT2D eigenvalue weighted by Gasteiger charge is 2.02. The standard InChI is InChI=1S/C14H14N2OS/c17-14-8-4-1-5-11(14)9-15-12-6-2-3-7-13(12)16-10-18/h1-8,10,15,17H,9H2,(H,16,18). The lowest BCUT2D eigenvalue weighted by Gasteiger charge is -2.12. The summed E-state index contributed by atoms with van der Waals surface area (Å²) in [5.41, 5.74) is 4.19. The fourth-order valence-corrected chi connectivity index (χ4v) is 1.80. The first-order valence-corrected chi connectivity index (χ1v) is 6.08. The molecular formula is C14H14N2OS. The van der Waals surface area contributed by atoms with E-state index in [9.17, 15) is 5.11 Å². The normalized spacial score (nSPS) is 9.78. The third kappa shape index (κ3) is 2.99. The van der Waals surface area contributed by atoms with Crippen molar-refractivity contribution in [3.8, 4) is 5.75 Å². The lowest BCUT2D eigenvalue weighted by Crippen LogP contribution is -2.03. The van der Waals surface area contributed by atoms with E-state index in [1.54, 1.807) is 12.1 Å². The van der Waals surface area contributed by atoms with Crippen LogP contribution >= 0.6 is 12.2 Å². The summed E-state index contributed by atoms with van der Waals surface area (Å²) in [5, 5.41) is 15.9. The maximum Gasteiger partial charge on any atom is 0.120 e. The van der Waals surface area contributed by atoms with Gasteiger partial charge in [0.05, 0.1) is 16.9 Å². The van der Waals surface area contributed by atoms with Crippen LogP contribution in [0.3, 0.4) is 0 Å². The van der Waals surface area contributed by atoms with Crippen LogP contribution in [0.25, 0.3) is 0 Å². The van der Waals surface area contributed by atoms with E-state index in [0.29, 0.717) is 12.3 Å². The molecule has 3 N–H and O–H groups in total. The summed E-state index contributed by atoms with van der Waals surface area (Å²) in [4.78, 5) is 0. The molecule has 18 heavy (non-hydrogen) atoms. The van der Waals surface area contributed by atoms with Crippen LogP contribution in [0.5, 0.6) is 5.75 Å². The zero-order valence-electron chi connectivity index (χ0n) is 9.76. The highest BCUT2D eigenvalue weighted by Crippen LogP contribution is 2.23. The molecule has 3 nitrogen and oxygen atoms in total. The number of anilines is 2. The molecule has 0 saturated heterocycles. The van der Waals surface area contributed by atoms with E-state index in [1.807, 2.05) is 36.4 Å². The van der Waals surface area contributed by atoms with Gasteiger partial charge in [-0.05, 0) is 18.2 Å². The Morgan fingerprint density at radius 3 is 2.39 bits per heavy atom. The minimum absolute atomic E-state index is 0.297. The van der Waals surface area contributed by atoms with Gasteiger partial charge in [-0.2, -0.15) is 0 Å². The highest BCUT2D eigenvalue weighted by atomic mass is 32.1. The molecule has 2 aromatic rings. The molecule has 2 aromatic carbocycles. The molecule has 0 aromatic heterocycles. The first-order valence-electron chi connectivity index (χ1n) is 5.61. The average Bonchev–Trinajstić information content (AvgIpc) is 2.40. The second-order valence-electron chi connectivity index (χ2n) is 3.79. The Labute approximate surface area is 111 Å². The molecule has 0 aliphatic rings. The third-order valence-electron chi connectivity index (χ3n) is 2.60. The molecule has 2 rings (SSSR count). The van der Waals surface area contributed by atoms with Crippen LogP contribution in [0, 0.1) is 0 Å². The summed E-state index contributed by atoms with van der Waals surface area (Å²) in [5.74, 6) is 0.297. The van der Waals surface area contributed by atoms with Crippen LogP contribution in [0.15, 0.2) is 48.5 Å². The Morgan fingerprint density at radius 2 is 1.67 bits per heavy atom. The van der Waals surface area contributed by atoms with E-state index in [4.69, 9.17) is 12.2 Å². The minimum Gasteiger partial charge on any atom is -0.508 e. The number of nitrogens with one attached hydrogen (secondary N) is 2. The number of phenols is 1. The number of rotatable bonds is 5. The van der Waals surface area contributed by atoms with Gasteiger partial charge in [0.1, 0.15) is 5.75 Å². The Hall–Kier alpha value is -2.07. The van der Waals surface area contributed by atoms with E-state index < -0.39 is 0 Å². The molecule has 0 unspecified atom stereocenters. The quantitative estimate of drug-likeness (QED) is 0.719. The molecule has 92 valence electrons. The van der Waals surface area contributed by atoms with E-state index in [1.165, 1.54) is 5.49 Å². The Morgan fingerprint density at radius 1 is 1.00 bits per heavy atom. The van der Waals surface area contributed by atoms with E-state index >= 15 is 0 Å². The molecule has 4 heteroatoms. The first kappa shape index (κ1) is 12.4. The summed E-state index contributed by atoms with van der Waals surface area (Å²) in [7, 11) is 0. The zero-order valence-corrected chi connectivity index (χ0v) is 10.6. The predicted molar refractivity (Wildman–Crippen MR) is 79.2 cm³/mol. The van der Waals surface area contributed by atoms with E-state index in [0.717, 1.165) is 16.9 Å². The molecule has 0 aliphatic carbocycles. The molecule has 0 amide bonds. The highest BCUT2D eigenvalue weighted by molar-refractivity contribution is 7.79. The van der Waals surface area contributed by atoms with Crippen molar-refractivity contribution in [1.29, 1.82) is 0 Å². The van der Waals surface area contributed by atoms with Crippen molar-refractivity contribution in [2.24, 2.45) is 0 Å². The molecule has 0 atom stereocenters. The van der Waals surface area contributed by atoms with E-state index in [-0.39, 0.29) is 0 Å². The van der Waals surface area contributed by atoms with Crippen LogP contribution in [0.2, 0.25) is 0 Å². The number of hydrogen-bond donors (Lipinski definition) is 3. The maximum absolute atomic E-state index is 9.68. The van der Waals surface area contributed by atoms with Crippen molar-refractivity contribution in [2.45, 2.75) is 6.54 Å². The van der Waals surface area contributed by atoms with Crippen molar-refractivity contribution in [2.75, 3.05) is 10.6 Å². The Bertz CT molecular complexity index is 543. The second-order valence-corrected chi connectivity index (χ2v) is 4.03. The van der Waals surface area contributed by atoms with Gasteiger partial charge in [-0.1, -0.05) is 42.5 Å². The van der Waals surface area contributed by atoms with Gasteiger partial charge in [-0.15, -0.1) is 0 Å². The SMILES string of the molecule is Oc1ccccc1CNc1ccccc1NC=S. The van der Waals surface area contributed by atoms with Crippen molar-refractivity contribution in [1.82, 2.24) is 0 Å². The van der Waals surface area contributed by atoms with Crippen molar-refractivity contribution in [3.63, 3.8) is 0 Å². The van der Waals surface area contributed by atoms with Gasteiger partial charge in [0.25, 0.3) is 0 Å². The van der Waals surface area contributed by atoms with Gasteiger partial charge in [-0.25, -0.2) is 0 Å².